The molecule has 0 aliphatic heterocycles. The van der Waals surface area contributed by atoms with Crippen LogP contribution in [0.4, 0.5) is 23.2 Å². The second-order valence-corrected chi connectivity index (χ2v) is 2.82. The SMILES string of the molecule is N#Cc1ccc(N=C=S)c(F)c1C(F)(F)F. The lowest BCUT2D eigenvalue weighted by Gasteiger charge is -2.10. The zero-order chi connectivity index (χ0) is 12.3. The molecule has 1 aromatic carbocycles. The summed E-state index contributed by atoms with van der Waals surface area (Å²) in [5.74, 6) is -1.62. The highest BCUT2D eigenvalue weighted by atomic mass is 32.1. The maximum atomic E-state index is 13.4. The third-order valence-corrected chi connectivity index (χ3v) is 1.78. The predicted octanol–water partition coefficient (Wildman–Crippen LogP) is 3.45. The highest BCUT2D eigenvalue weighted by molar-refractivity contribution is 7.78. The van der Waals surface area contributed by atoms with Gasteiger partial charge in [0, 0.05) is 0 Å². The average Bonchev–Trinajstić information content (AvgIpc) is 2.19. The van der Waals surface area contributed by atoms with Gasteiger partial charge in [0.1, 0.15) is 11.3 Å². The van der Waals surface area contributed by atoms with Crippen molar-refractivity contribution in [3.63, 3.8) is 0 Å². The molecule has 1 aromatic rings. The molecule has 0 unspecified atom stereocenters. The van der Waals surface area contributed by atoms with Crippen LogP contribution in [0.3, 0.4) is 0 Å². The van der Waals surface area contributed by atoms with Gasteiger partial charge in [-0.25, -0.2) is 4.39 Å². The quantitative estimate of drug-likeness (QED) is 0.432. The Hall–Kier alpha value is -1.77. The van der Waals surface area contributed by atoms with Crippen molar-refractivity contribution in [1.82, 2.24) is 0 Å². The minimum absolute atomic E-state index is 0.596. The highest BCUT2D eigenvalue weighted by Gasteiger charge is 2.38. The van der Waals surface area contributed by atoms with Crippen molar-refractivity contribution >= 4 is 23.1 Å². The van der Waals surface area contributed by atoms with Crippen LogP contribution in [-0.2, 0) is 6.18 Å². The van der Waals surface area contributed by atoms with E-state index in [9.17, 15) is 17.6 Å². The normalized spacial score (nSPS) is 10.4. The second-order valence-electron chi connectivity index (χ2n) is 2.63. The number of isothiocyanates is 1. The van der Waals surface area contributed by atoms with Crippen LogP contribution in [0.5, 0.6) is 0 Å². The van der Waals surface area contributed by atoms with Gasteiger partial charge in [-0.1, -0.05) is 0 Å². The summed E-state index contributed by atoms with van der Waals surface area (Å²) in [5, 5.41) is 10.2. The first-order chi connectivity index (χ1) is 7.41. The maximum Gasteiger partial charge on any atom is 0.420 e. The number of alkyl halides is 3. The van der Waals surface area contributed by atoms with Gasteiger partial charge in [0.25, 0.3) is 0 Å². The number of nitrogens with zero attached hydrogens (tertiary/aromatic N) is 2. The van der Waals surface area contributed by atoms with Crippen molar-refractivity contribution in [3.05, 3.63) is 29.1 Å². The fourth-order valence-corrected chi connectivity index (χ4v) is 1.17. The molecule has 1 rings (SSSR count). The molecule has 0 fully saturated rings. The van der Waals surface area contributed by atoms with Crippen LogP contribution in [-0.4, -0.2) is 5.16 Å². The lowest BCUT2D eigenvalue weighted by Crippen LogP contribution is -2.11. The lowest BCUT2D eigenvalue weighted by molar-refractivity contribution is -0.140. The van der Waals surface area contributed by atoms with Crippen LogP contribution in [0.1, 0.15) is 11.1 Å². The van der Waals surface area contributed by atoms with Crippen molar-refractivity contribution < 1.29 is 17.6 Å². The Morgan fingerprint density at radius 2 is 1.94 bits per heavy atom. The Morgan fingerprint density at radius 3 is 2.38 bits per heavy atom. The third kappa shape index (κ3) is 2.24. The summed E-state index contributed by atoms with van der Waals surface area (Å²) >= 11 is 4.16. The number of halogens is 4. The molecular formula is C9H2F4N2S. The molecule has 0 bridgehead atoms. The summed E-state index contributed by atoms with van der Waals surface area (Å²) in [4.78, 5) is 3.14. The molecule has 16 heavy (non-hydrogen) atoms. The highest BCUT2D eigenvalue weighted by Crippen LogP contribution is 2.37. The van der Waals surface area contributed by atoms with Crippen molar-refractivity contribution in [2.75, 3.05) is 0 Å². The summed E-state index contributed by atoms with van der Waals surface area (Å²) in [7, 11) is 0. The minimum Gasteiger partial charge on any atom is -0.204 e. The van der Waals surface area contributed by atoms with Gasteiger partial charge < -0.3 is 0 Å². The molecule has 2 nitrogen and oxygen atoms in total. The Kier molecular flexibility index (Phi) is 3.38. The van der Waals surface area contributed by atoms with E-state index in [2.05, 4.69) is 17.2 Å². The molecule has 0 saturated carbocycles. The zero-order valence-electron chi connectivity index (χ0n) is 7.47. The van der Waals surface area contributed by atoms with Crippen molar-refractivity contribution in [2.24, 2.45) is 4.99 Å². The van der Waals surface area contributed by atoms with Gasteiger partial charge in [-0.2, -0.15) is 23.4 Å². The molecule has 7 heteroatoms. The molecule has 0 amide bonds. The molecule has 0 N–H and O–H groups in total. The summed E-state index contributed by atoms with van der Waals surface area (Å²) in [6.07, 6.45) is -4.96. The standard InChI is InChI=1S/C9H2F4N2S/c10-8-6(15-4-16)2-1-5(3-14)7(8)9(11,12)13/h1-2H. The zero-order valence-corrected chi connectivity index (χ0v) is 8.29. The van der Waals surface area contributed by atoms with E-state index in [1.807, 2.05) is 0 Å². The van der Waals surface area contributed by atoms with Gasteiger partial charge in [0.05, 0.1) is 16.8 Å². The van der Waals surface area contributed by atoms with E-state index in [4.69, 9.17) is 5.26 Å². The first-order valence-electron chi connectivity index (χ1n) is 3.79. The molecule has 0 atom stereocenters. The first-order valence-corrected chi connectivity index (χ1v) is 4.20. The Labute approximate surface area is 92.8 Å². The number of rotatable bonds is 1. The van der Waals surface area contributed by atoms with E-state index in [0.717, 1.165) is 12.1 Å². The number of hydrogen-bond acceptors (Lipinski definition) is 3. The van der Waals surface area contributed by atoms with E-state index in [1.165, 1.54) is 6.07 Å². The van der Waals surface area contributed by atoms with Crippen molar-refractivity contribution in [3.8, 4) is 6.07 Å². The maximum absolute atomic E-state index is 13.4. The van der Waals surface area contributed by atoms with Crippen molar-refractivity contribution in [1.29, 1.82) is 5.26 Å². The van der Waals surface area contributed by atoms with Gasteiger partial charge in [-0.15, -0.1) is 0 Å². The Balaban J connectivity index is 3.61. The number of thiocarbonyl (C=S) groups is 1. The largest absolute Gasteiger partial charge is 0.420 e. The number of hydrogen-bond donors (Lipinski definition) is 0. The van der Waals surface area contributed by atoms with Crippen LogP contribution in [0.2, 0.25) is 0 Å². The monoisotopic (exact) mass is 246 g/mol. The summed E-state index contributed by atoms with van der Waals surface area (Å²) in [6.45, 7) is 0. The van der Waals surface area contributed by atoms with Crippen LogP contribution in [0, 0.1) is 17.1 Å². The van der Waals surface area contributed by atoms with E-state index >= 15 is 0 Å². The van der Waals surface area contributed by atoms with E-state index in [1.54, 1.807) is 5.16 Å². The summed E-state index contributed by atoms with van der Waals surface area (Å²) < 4.78 is 50.7. The van der Waals surface area contributed by atoms with E-state index < -0.39 is 28.8 Å². The van der Waals surface area contributed by atoms with Crippen LogP contribution < -0.4 is 0 Å². The summed E-state index contributed by atoms with van der Waals surface area (Å²) in [6, 6.07) is 3.03. The fraction of sp³-hybridized carbons (Fsp3) is 0.111. The van der Waals surface area contributed by atoms with Gasteiger partial charge in [0.15, 0.2) is 5.82 Å². The topological polar surface area (TPSA) is 36.1 Å². The minimum atomic E-state index is -4.96. The molecule has 82 valence electrons. The first kappa shape index (κ1) is 12.3. The molecule has 0 heterocycles. The van der Waals surface area contributed by atoms with E-state index in [0.29, 0.717) is 0 Å². The molecule has 0 spiro atoms. The molecule has 0 aliphatic carbocycles. The Morgan fingerprint density at radius 1 is 1.31 bits per heavy atom. The number of benzene rings is 1. The van der Waals surface area contributed by atoms with Crippen LogP contribution in [0.25, 0.3) is 0 Å². The van der Waals surface area contributed by atoms with Crippen LogP contribution >= 0.6 is 12.2 Å². The van der Waals surface area contributed by atoms with Gasteiger partial charge in [-0.05, 0) is 24.4 Å². The van der Waals surface area contributed by atoms with Gasteiger partial charge in [0.2, 0.25) is 0 Å². The predicted molar refractivity (Wildman–Crippen MR) is 50.8 cm³/mol. The average molecular weight is 246 g/mol. The summed E-state index contributed by atoms with van der Waals surface area (Å²) in [5.41, 5.74) is -3.03. The molecule has 0 saturated heterocycles. The fourth-order valence-electron chi connectivity index (χ4n) is 1.07. The smallest absolute Gasteiger partial charge is 0.204 e. The number of nitriles is 1. The second kappa shape index (κ2) is 4.39. The molecular weight excluding hydrogens is 244 g/mol. The van der Waals surface area contributed by atoms with Crippen LogP contribution in [0.15, 0.2) is 17.1 Å². The third-order valence-electron chi connectivity index (χ3n) is 1.69. The molecule has 0 aliphatic rings. The molecule has 0 aromatic heterocycles. The lowest BCUT2D eigenvalue weighted by atomic mass is 10.1. The Bertz CT molecular complexity index is 509. The van der Waals surface area contributed by atoms with Gasteiger partial charge in [-0.3, -0.25) is 0 Å². The van der Waals surface area contributed by atoms with Gasteiger partial charge >= 0.3 is 6.18 Å². The molecule has 0 radical (unpaired) electrons. The number of aliphatic imine (C=N–C) groups is 1. The van der Waals surface area contributed by atoms with E-state index in [-0.39, 0.29) is 0 Å². The van der Waals surface area contributed by atoms with Crippen molar-refractivity contribution in [2.45, 2.75) is 6.18 Å².